The van der Waals surface area contributed by atoms with Gasteiger partial charge in [0.05, 0.1) is 33.8 Å². The second-order valence-electron chi connectivity index (χ2n) is 14.3. The maximum atomic E-state index is 5.37. The van der Waals surface area contributed by atoms with Crippen LogP contribution in [0.25, 0.3) is 111 Å². The number of pyridine rings is 2. The summed E-state index contributed by atoms with van der Waals surface area (Å²) in [4.78, 5) is 21.0. The summed E-state index contributed by atoms with van der Waals surface area (Å²) in [6.45, 7) is 0. The molecule has 0 unspecified atom stereocenters. The summed E-state index contributed by atoms with van der Waals surface area (Å²) in [7, 11) is 0. The van der Waals surface area contributed by atoms with E-state index in [2.05, 4.69) is 182 Å². The number of hydrogen-bond donors (Lipinski definition) is 0. The summed E-state index contributed by atoms with van der Waals surface area (Å²) in [6.07, 6.45) is 0. The molecule has 11 aromatic rings. The monoisotopic (exact) mass is 712 g/mol. The summed E-state index contributed by atoms with van der Waals surface area (Å²) in [5.41, 5.74) is 10.6. The molecule has 3 heterocycles. The smallest absolute Gasteiger partial charge is 0.160 e. The third kappa shape index (κ3) is 5.55. The highest BCUT2D eigenvalue weighted by molar-refractivity contribution is 6.21. The molecule has 0 aliphatic carbocycles. The second-order valence-corrected chi connectivity index (χ2v) is 14.3. The summed E-state index contributed by atoms with van der Waals surface area (Å²) >= 11 is 0. The number of benzene rings is 8. The van der Waals surface area contributed by atoms with Gasteiger partial charge in [0.15, 0.2) is 5.82 Å². The van der Waals surface area contributed by atoms with Gasteiger partial charge in [0, 0.05) is 44.0 Å². The Morgan fingerprint density at radius 2 is 0.804 bits per heavy atom. The molecule has 4 heteroatoms. The van der Waals surface area contributed by atoms with Crippen LogP contribution in [0, 0.1) is 0 Å². The lowest BCUT2D eigenvalue weighted by Crippen LogP contribution is -1.97. The molecule has 3 aromatic heterocycles. The van der Waals surface area contributed by atoms with E-state index in [0.29, 0.717) is 5.82 Å². The molecule has 260 valence electrons. The highest BCUT2D eigenvalue weighted by atomic mass is 14.9. The average molecular weight is 713 g/mol. The first kappa shape index (κ1) is 31.9. The first-order chi connectivity index (χ1) is 27.7. The molecule has 0 aliphatic heterocycles. The number of hydrogen-bond acceptors (Lipinski definition) is 4. The molecule has 56 heavy (non-hydrogen) atoms. The summed E-state index contributed by atoms with van der Waals surface area (Å²) in [5.74, 6) is 0.685. The van der Waals surface area contributed by atoms with Crippen LogP contribution in [0.2, 0.25) is 0 Å². The second kappa shape index (κ2) is 13.1. The Morgan fingerprint density at radius 3 is 1.52 bits per heavy atom. The molecule has 0 spiro atoms. The fourth-order valence-corrected chi connectivity index (χ4v) is 7.99. The van der Waals surface area contributed by atoms with E-state index in [9.17, 15) is 0 Å². The van der Waals surface area contributed by atoms with Crippen LogP contribution in [0.4, 0.5) is 0 Å². The van der Waals surface area contributed by atoms with Gasteiger partial charge in [-0.05, 0) is 75.5 Å². The molecule has 8 aromatic carbocycles. The quantitative estimate of drug-likeness (QED) is 0.167. The first-order valence-electron chi connectivity index (χ1n) is 18.9. The van der Waals surface area contributed by atoms with E-state index in [4.69, 9.17) is 19.9 Å². The van der Waals surface area contributed by atoms with E-state index < -0.39 is 0 Å². The van der Waals surface area contributed by atoms with Crippen LogP contribution in [0.1, 0.15) is 0 Å². The molecule has 0 saturated carbocycles. The van der Waals surface area contributed by atoms with Crippen molar-refractivity contribution in [1.82, 2.24) is 19.9 Å². The van der Waals surface area contributed by atoms with E-state index in [1.165, 1.54) is 16.2 Å². The number of aromatic nitrogens is 4. The fourth-order valence-electron chi connectivity index (χ4n) is 7.99. The van der Waals surface area contributed by atoms with Crippen LogP contribution in [0.5, 0.6) is 0 Å². The minimum atomic E-state index is 0.685. The van der Waals surface area contributed by atoms with Gasteiger partial charge < -0.3 is 0 Å². The molecular weight excluding hydrogens is 681 g/mol. The number of nitrogens with zero attached hydrogens (tertiary/aromatic N) is 4. The zero-order valence-electron chi connectivity index (χ0n) is 30.3. The van der Waals surface area contributed by atoms with E-state index in [-0.39, 0.29) is 0 Å². The van der Waals surface area contributed by atoms with Crippen LogP contribution < -0.4 is 0 Å². The molecule has 0 amide bonds. The number of fused-ring (bicyclic) bond motifs is 7. The Morgan fingerprint density at radius 1 is 0.268 bits per heavy atom. The van der Waals surface area contributed by atoms with Gasteiger partial charge in [0.25, 0.3) is 0 Å². The Hall–Kier alpha value is -7.56. The van der Waals surface area contributed by atoms with Gasteiger partial charge in [0.2, 0.25) is 0 Å². The summed E-state index contributed by atoms with van der Waals surface area (Å²) in [6, 6.07) is 68.0. The zero-order chi connectivity index (χ0) is 37.0. The predicted octanol–water partition coefficient (Wildman–Crippen LogP) is 13.4. The Balaban J connectivity index is 1.13. The van der Waals surface area contributed by atoms with Gasteiger partial charge in [-0.1, -0.05) is 146 Å². The van der Waals surface area contributed by atoms with Gasteiger partial charge >= 0.3 is 0 Å². The fraction of sp³-hybridized carbons (Fsp3) is 0. The average Bonchev–Trinajstić information content (AvgIpc) is 3.28. The number of rotatable bonds is 5. The maximum Gasteiger partial charge on any atom is 0.160 e. The van der Waals surface area contributed by atoms with Crippen molar-refractivity contribution < 1.29 is 0 Å². The van der Waals surface area contributed by atoms with Crippen LogP contribution >= 0.6 is 0 Å². The molecule has 0 radical (unpaired) electrons. The molecule has 0 bridgehead atoms. The van der Waals surface area contributed by atoms with Gasteiger partial charge in [0.1, 0.15) is 0 Å². The van der Waals surface area contributed by atoms with Gasteiger partial charge in [-0.3, -0.25) is 0 Å². The Bertz CT molecular complexity index is 3200. The lowest BCUT2D eigenvalue weighted by atomic mass is 9.95. The van der Waals surface area contributed by atoms with E-state index in [1.54, 1.807) is 0 Å². The largest absolute Gasteiger partial charge is 0.248 e. The zero-order valence-corrected chi connectivity index (χ0v) is 30.3. The van der Waals surface area contributed by atoms with Crippen molar-refractivity contribution in [3.8, 4) is 56.4 Å². The van der Waals surface area contributed by atoms with E-state index in [1.807, 2.05) is 12.1 Å². The van der Waals surface area contributed by atoms with Gasteiger partial charge in [-0.25, -0.2) is 19.9 Å². The van der Waals surface area contributed by atoms with Crippen molar-refractivity contribution in [3.05, 3.63) is 194 Å². The van der Waals surface area contributed by atoms with E-state index in [0.717, 1.165) is 88.6 Å². The molecule has 11 rings (SSSR count). The van der Waals surface area contributed by atoms with Gasteiger partial charge in [-0.15, -0.1) is 0 Å². The van der Waals surface area contributed by atoms with Crippen molar-refractivity contribution in [2.75, 3.05) is 0 Å². The molecule has 0 fully saturated rings. The first-order valence-corrected chi connectivity index (χ1v) is 18.9. The Labute approximate surface area is 323 Å². The lowest BCUT2D eigenvalue weighted by molar-refractivity contribution is 1.19. The van der Waals surface area contributed by atoms with Crippen molar-refractivity contribution in [2.24, 2.45) is 0 Å². The minimum absolute atomic E-state index is 0.685. The minimum Gasteiger partial charge on any atom is -0.248 e. The van der Waals surface area contributed by atoms with Crippen molar-refractivity contribution >= 4 is 54.1 Å². The van der Waals surface area contributed by atoms with Crippen LogP contribution in [-0.2, 0) is 0 Å². The Kier molecular flexibility index (Phi) is 7.46. The molecular formula is C52H32N4. The van der Waals surface area contributed by atoms with Crippen LogP contribution in [0.3, 0.4) is 0 Å². The molecule has 0 saturated heterocycles. The summed E-state index contributed by atoms with van der Waals surface area (Å²) in [5, 5.41) is 9.05. The van der Waals surface area contributed by atoms with Gasteiger partial charge in [-0.2, -0.15) is 0 Å². The highest BCUT2D eigenvalue weighted by Gasteiger charge is 2.17. The predicted molar refractivity (Wildman–Crippen MR) is 232 cm³/mol. The SMILES string of the molecule is c1ccc(-c2ccc3c(ccc4c5cc(-c6cc(-c7ccc8ccccc8c7)nc(-c7ccc8ccccc8c7)n6)ccc5nc(-c5ccccc5)c34)n2)cc1. The van der Waals surface area contributed by atoms with Crippen molar-refractivity contribution in [3.63, 3.8) is 0 Å². The third-order valence-electron chi connectivity index (χ3n) is 10.8. The molecule has 0 aliphatic rings. The third-order valence-corrected chi connectivity index (χ3v) is 10.8. The van der Waals surface area contributed by atoms with Crippen molar-refractivity contribution in [1.29, 1.82) is 0 Å². The lowest BCUT2D eigenvalue weighted by Gasteiger charge is -2.15. The topological polar surface area (TPSA) is 51.6 Å². The molecule has 0 atom stereocenters. The maximum absolute atomic E-state index is 5.37. The van der Waals surface area contributed by atoms with E-state index >= 15 is 0 Å². The van der Waals surface area contributed by atoms with Crippen LogP contribution in [-0.4, -0.2) is 19.9 Å². The highest BCUT2D eigenvalue weighted by Crippen LogP contribution is 2.39. The summed E-state index contributed by atoms with van der Waals surface area (Å²) < 4.78 is 0. The van der Waals surface area contributed by atoms with Crippen LogP contribution in [0.15, 0.2) is 194 Å². The molecule has 0 N–H and O–H groups in total. The normalized spacial score (nSPS) is 11.6. The molecule has 4 nitrogen and oxygen atoms in total. The van der Waals surface area contributed by atoms with Crippen molar-refractivity contribution in [2.45, 2.75) is 0 Å². The standard InChI is InChI=1S/C52H32N4/c1-3-13-35(14-4-1)45-27-25-43-46(53-45)28-24-42-44-31-40(23-26-47(44)54-51(50(42)43)36-15-5-2-6-16-36)49-32-48(39-21-19-33-11-7-9-17-37(33)29-39)55-52(56-49)41-22-20-34-12-8-10-18-38(34)30-41/h1-32H.